The molecule has 0 saturated heterocycles. The Balaban J connectivity index is 0.00000225. The summed E-state index contributed by atoms with van der Waals surface area (Å²) in [5.41, 5.74) is 0. The fourth-order valence-electron chi connectivity index (χ4n) is 1.19. The van der Waals surface area contributed by atoms with Gasteiger partial charge in [0.1, 0.15) is 0 Å². The summed E-state index contributed by atoms with van der Waals surface area (Å²) < 4.78 is 2.10. The second-order valence-electron chi connectivity index (χ2n) is 3.63. The lowest BCUT2D eigenvalue weighted by atomic mass is 10.4. The van der Waals surface area contributed by atoms with E-state index in [2.05, 4.69) is 9.48 Å². The molecule has 0 saturated carbocycles. The maximum Gasteiger partial charge on any atom is 0.312 e. The van der Waals surface area contributed by atoms with Gasteiger partial charge in [-0.15, -0.1) is 0 Å². The fraction of sp³-hybridized carbons (Fsp3) is 0.364. The number of benzene rings is 1. The van der Waals surface area contributed by atoms with Crippen LogP contribution in [0, 0.1) is 0 Å². The second-order valence-corrected chi connectivity index (χ2v) is 5.10. The predicted molar refractivity (Wildman–Crippen MR) is 68.1 cm³/mol. The largest absolute Gasteiger partial charge is 1.00 e. The number of amidine groups is 1. The van der Waals surface area contributed by atoms with Crippen LogP contribution in [0.2, 0.25) is 5.02 Å². The molecule has 0 amide bonds. The summed E-state index contributed by atoms with van der Waals surface area (Å²) in [4.78, 5) is 3.29. The van der Waals surface area contributed by atoms with Crippen LogP contribution in [0.1, 0.15) is 0 Å². The highest BCUT2D eigenvalue weighted by Crippen LogP contribution is 2.22. The topological polar surface area (TPSA) is 6.25 Å². The molecule has 0 aliphatic heterocycles. The number of nitrogens with zero attached hydrogens (tertiary/aromatic N) is 2. The number of halogens is 2. The van der Waals surface area contributed by atoms with Gasteiger partial charge >= 0.3 is 5.17 Å². The second kappa shape index (κ2) is 7.40. The summed E-state index contributed by atoms with van der Waals surface area (Å²) in [5, 5.41) is 1.97. The van der Waals surface area contributed by atoms with Gasteiger partial charge in [0.2, 0.25) is 0 Å². The van der Waals surface area contributed by atoms with Crippen LogP contribution < -0.4 is 24.0 Å². The molecule has 0 atom stereocenters. The van der Waals surface area contributed by atoms with E-state index in [9.17, 15) is 0 Å². The van der Waals surface area contributed by atoms with Crippen LogP contribution in [0.15, 0.2) is 29.2 Å². The Labute approximate surface area is 124 Å². The summed E-state index contributed by atoms with van der Waals surface area (Å²) in [7, 11) is 8.16. The van der Waals surface area contributed by atoms with E-state index in [0.29, 0.717) is 0 Å². The third kappa shape index (κ3) is 4.93. The van der Waals surface area contributed by atoms with Crippen molar-refractivity contribution in [3.05, 3.63) is 29.3 Å². The molecule has 1 aromatic carbocycles. The van der Waals surface area contributed by atoms with E-state index in [1.54, 1.807) is 11.8 Å². The summed E-state index contributed by atoms with van der Waals surface area (Å²) >= 11 is 7.56. The minimum atomic E-state index is 0. The molecule has 0 bridgehead atoms. The Hall–Kier alpha value is 0.0600. The maximum absolute atomic E-state index is 5.84. The standard InChI is InChI=1S/C11H16ClN2S.HI/c1-13(2)11(14(3)4)15-10-7-5-9(12)6-8-10;/h5-8H,1-4H3;1H/q+1;/p-1. The monoisotopic (exact) mass is 370 g/mol. The zero-order valence-electron chi connectivity index (χ0n) is 9.87. The first kappa shape index (κ1) is 16.1. The lowest BCUT2D eigenvalue weighted by Gasteiger charge is -2.10. The van der Waals surface area contributed by atoms with Gasteiger partial charge in [-0.25, -0.2) is 0 Å². The summed E-state index contributed by atoms with van der Waals surface area (Å²) in [5.74, 6) is 0. The molecule has 0 aliphatic rings. The lowest BCUT2D eigenvalue weighted by Crippen LogP contribution is -3.00. The predicted octanol–water partition coefficient (Wildman–Crippen LogP) is -0.374. The van der Waals surface area contributed by atoms with Gasteiger partial charge in [0.15, 0.2) is 0 Å². The van der Waals surface area contributed by atoms with Crippen molar-refractivity contribution in [2.75, 3.05) is 28.2 Å². The van der Waals surface area contributed by atoms with E-state index in [4.69, 9.17) is 11.6 Å². The molecule has 0 spiro atoms. The smallest absolute Gasteiger partial charge is 0.312 e. The minimum absolute atomic E-state index is 0. The first-order chi connectivity index (χ1) is 7.00. The molecule has 0 aliphatic carbocycles. The van der Waals surface area contributed by atoms with Crippen molar-refractivity contribution in [3.8, 4) is 0 Å². The first-order valence-corrected chi connectivity index (χ1v) is 5.85. The molecule has 0 unspecified atom stereocenters. The van der Waals surface area contributed by atoms with Gasteiger partial charge in [0.25, 0.3) is 0 Å². The van der Waals surface area contributed by atoms with Gasteiger partial charge in [-0.1, -0.05) is 11.6 Å². The highest BCUT2D eigenvalue weighted by molar-refractivity contribution is 8.13. The number of rotatable bonds is 1. The lowest BCUT2D eigenvalue weighted by molar-refractivity contribution is -0.466. The summed E-state index contributed by atoms with van der Waals surface area (Å²) in [6.07, 6.45) is 0. The highest BCUT2D eigenvalue weighted by atomic mass is 127. The van der Waals surface area contributed by atoms with Gasteiger partial charge in [-0.3, -0.25) is 9.48 Å². The van der Waals surface area contributed by atoms with Crippen LogP contribution >= 0.6 is 23.4 Å². The van der Waals surface area contributed by atoms with Gasteiger partial charge in [-0.05, 0) is 36.0 Å². The van der Waals surface area contributed by atoms with Crippen LogP contribution in [-0.2, 0) is 0 Å². The molecule has 0 aromatic heterocycles. The molecular weight excluding hydrogens is 355 g/mol. The van der Waals surface area contributed by atoms with E-state index in [0.717, 1.165) is 5.02 Å². The normalized spacial score (nSPS) is 9.31. The molecule has 0 fully saturated rings. The fourth-order valence-corrected chi connectivity index (χ4v) is 2.16. The van der Waals surface area contributed by atoms with Crippen molar-refractivity contribution in [2.24, 2.45) is 0 Å². The van der Waals surface area contributed by atoms with Gasteiger partial charge in [0, 0.05) is 9.92 Å². The third-order valence-corrected chi connectivity index (χ3v) is 3.46. The SMILES string of the molecule is CN(C)C(Sc1ccc(Cl)cc1)=[N+](C)C.[I-]. The number of thioether (sulfide) groups is 1. The van der Waals surface area contributed by atoms with E-state index in [1.165, 1.54) is 10.1 Å². The Kier molecular flexibility index (Phi) is 7.43. The van der Waals surface area contributed by atoms with Crippen molar-refractivity contribution in [3.63, 3.8) is 0 Å². The van der Waals surface area contributed by atoms with E-state index < -0.39 is 0 Å². The van der Waals surface area contributed by atoms with Crippen LogP contribution in [-0.4, -0.2) is 42.8 Å². The Morgan fingerprint density at radius 1 is 1.19 bits per heavy atom. The summed E-state index contributed by atoms with van der Waals surface area (Å²) in [6.45, 7) is 0. The van der Waals surface area contributed by atoms with Gasteiger partial charge < -0.3 is 24.0 Å². The average Bonchev–Trinajstić information content (AvgIpc) is 2.15. The molecule has 1 rings (SSSR count). The van der Waals surface area contributed by atoms with Crippen molar-refractivity contribution in [1.29, 1.82) is 0 Å². The molecule has 5 heteroatoms. The zero-order valence-corrected chi connectivity index (χ0v) is 13.6. The number of hydrogen-bond acceptors (Lipinski definition) is 1. The molecule has 0 N–H and O–H groups in total. The van der Waals surface area contributed by atoms with Crippen molar-refractivity contribution in [2.45, 2.75) is 4.90 Å². The molecule has 0 heterocycles. The van der Waals surface area contributed by atoms with E-state index >= 15 is 0 Å². The first-order valence-electron chi connectivity index (χ1n) is 4.65. The maximum atomic E-state index is 5.84. The van der Waals surface area contributed by atoms with E-state index in [-0.39, 0.29) is 24.0 Å². The van der Waals surface area contributed by atoms with Crippen LogP contribution in [0.25, 0.3) is 0 Å². The van der Waals surface area contributed by atoms with Crippen LogP contribution in [0.3, 0.4) is 0 Å². The van der Waals surface area contributed by atoms with Crippen molar-refractivity contribution < 1.29 is 28.6 Å². The summed E-state index contributed by atoms with van der Waals surface area (Å²) in [6, 6.07) is 7.87. The minimum Gasteiger partial charge on any atom is -1.00 e. The molecule has 2 nitrogen and oxygen atoms in total. The quantitative estimate of drug-likeness (QED) is 0.219. The van der Waals surface area contributed by atoms with Crippen molar-refractivity contribution in [1.82, 2.24) is 4.90 Å². The van der Waals surface area contributed by atoms with Gasteiger partial charge in [0.05, 0.1) is 28.2 Å². The zero-order chi connectivity index (χ0) is 11.4. The Bertz CT molecular complexity index is 359. The van der Waals surface area contributed by atoms with Crippen LogP contribution in [0.5, 0.6) is 0 Å². The molecule has 0 radical (unpaired) electrons. The molecule has 90 valence electrons. The average molecular weight is 371 g/mol. The molecular formula is C11H16ClIN2S. The van der Waals surface area contributed by atoms with E-state index in [1.807, 2.05) is 52.5 Å². The third-order valence-electron chi connectivity index (χ3n) is 1.79. The molecule has 16 heavy (non-hydrogen) atoms. The Morgan fingerprint density at radius 3 is 2.06 bits per heavy atom. The number of hydrogen-bond donors (Lipinski definition) is 0. The van der Waals surface area contributed by atoms with Gasteiger partial charge in [-0.2, -0.15) is 0 Å². The Morgan fingerprint density at radius 2 is 1.69 bits per heavy atom. The van der Waals surface area contributed by atoms with Crippen molar-refractivity contribution >= 4 is 28.5 Å². The highest BCUT2D eigenvalue weighted by Gasteiger charge is 2.13. The van der Waals surface area contributed by atoms with Crippen LogP contribution in [0.4, 0.5) is 0 Å². The molecule has 1 aromatic rings.